The third kappa shape index (κ3) is 4.60. The second-order valence-electron chi connectivity index (χ2n) is 7.95. The number of carbonyl (C=O) groups excluding carboxylic acids is 2. The molecule has 27 heavy (non-hydrogen) atoms. The third-order valence-electron chi connectivity index (χ3n) is 6.32. The minimum Gasteiger partial charge on any atom is -0.339 e. The summed E-state index contributed by atoms with van der Waals surface area (Å²) in [6.45, 7) is 8.02. The zero-order chi connectivity index (χ0) is 19.2. The molecule has 2 heterocycles. The first-order valence-electron chi connectivity index (χ1n) is 10.4. The number of hydrogen-bond acceptors (Lipinski definition) is 2. The number of amides is 2. The second-order valence-corrected chi connectivity index (χ2v) is 7.95. The highest BCUT2D eigenvalue weighted by molar-refractivity contribution is 5.87. The highest BCUT2D eigenvalue weighted by Crippen LogP contribution is 2.32. The average Bonchev–Trinajstić information content (AvgIpc) is 2.99. The number of hydrogen-bond donors (Lipinski definition) is 0. The highest BCUT2D eigenvalue weighted by atomic mass is 16.2. The normalized spacial score (nSPS) is 22.8. The quantitative estimate of drug-likeness (QED) is 0.754. The third-order valence-corrected chi connectivity index (χ3v) is 6.32. The fraction of sp³-hybridized carbons (Fsp3) is 0.565. The summed E-state index contributed by atoms with van der Waals surface area (Å²) < 4.78 is 0. The van der Waals surface area contributed by atoms with Gasteiger partial charge in [0.15, 0.2) is 0 Å². The molecule has 2 saturated heterocycles. The largest absolute Gasteiger partial charge is 0.339 e. The summed E-state index contributed by atoms with van der Waals surface area (Å²) in [5.41, 5.74) is 1.31. The summed E-state index contributed by atoms with van der Waals surface area (Å²) >= 11 is 0. The number of piperidine rings is 1. The molecule has 0 aromatic heterocycles. The zero-order valence-electron chi connectivity index (χ0n) is 16.5. The van der Waals surface area contributed by atoms with Gasteiger partial charge in [-0.25, -0.2) is 0 Å². The van der Waals surface area contributed by atoms with Crippen molar-refractivity contribution in [3.63, 3.8) is 0 Å². The Morgan fingerprint density at radius 3 is 2.41 bits per heavy atom. The maximum atomic E-state index is 13.4. The maximum absolute atomic E-state index is 13.4. The molecular formula is C23H32N2O2. The van der Waals surface area contributed by atoms with Crippen LogP contribution in [0.5, 0.6) is 0 Å². The van der Waals surface area contributed by atoms with Crippen molar-refractivity contribution in [1.82, 2.24) is 9.80 Å². The molecule has 0 saturated carbocycles. The minimum atomic E-state index is -0.0220. The molecule has 1 aromatic rings. The van der Waals surface area contributed by atoms with Gasteiger partial charge in [0.1, 0.15) is 0 Å². The van der Waals surface area contributed by atoms with Gasteiger partial charge in [-0.2, -0.15) is 0 Å². The molecule has 2 fully saturated rings. The van der Waals surface area contributed by atoms with Crippen LogP contribution in [-0.2, 0) is 9.59 Å². The first kappa shape index (κ1) is 19.7. The fourth-order valence-corrected chi connectivity index (χ4v) is 4.62. The Bertz CT molecular complexity index is 650. The molecule has 0 spiro atoms. The van der Waals surface area contributed by atoms with Gasteiger partial charge in [0, 0.05) is 37.5 Å². The standard InChI is InChI=1S/C23H32N2O2/c1-3-22(26)24-16-13-20(14-17-24)23(27)25-15-9-5-8-12-21(25)18(2)19-10-6-4-7-11-19/h3-4,6-7,10-11,18,20-21H,1,5,8-9,12-17H2,2H3. The molecule has 0 N–H and O–H groups in total. The van der Waals surface area contributed by atoms with Gasteiger partial charge in [-0.1, -0.05) is 56.7 Å². The molecule has 2 aliphatic heterocycles. The summed E-state index contributed by atoms with van der Waals surface area (Å²) in [5, 5.41) is 0. The van der Waals surface area contributed by atoms with Crippen molar-refractivity contribution in [3.8, 4) is 0 Å². The van der Waals surface area contributed by atoms with Crippen LogP contribution in [0.3, 0.4) is 0 Å². The topological polar surface area (TPSA) is 40.6 Å². The first-order valence-corrected chi connectivity index (χ1v) is 10.4. The van der Waals surface area contributed by atoms with E-state index in [9.17, 15) is 9.59 Å². The van der Waals surface area contributed by atoms with Crippen molar-refractivity contribution in [2.24, 2.45) is 5.92 Å². The molecule has 0 aliphatic carbocycles. The van der Waals surface area contributed by atoms with Crippen molar-refractivity contribution in [2.75, 3.05) is 19.6 Å². The SMILES string of the molecule is C=CC(=O)N1CCC(C(=O)N2CCCCCC2C(C)c2ccccc2)CC1. The number of likely N-dealkylation sites (tertiary alicyclic amines) is 2. The van der Waals surface area contributed by atoms with Gasteiger partial charge in [-0.3, -0.25) is 9.59 Å². The van der Waals surface area contributed by atoms with Gasteiger partial charge in [-0.15, -0.1) is 0 Å². The summed E-state index contributed by atoms with van der Waals surface area (Å²) in [4.78, 5) is 29.2. The lowest BCUT2D eigenvalue weighted by Crippen LogP contribution is -2.48. The summed E-state index contributed by atoms with van der Waals surface area (Å²) in [7, 11) is 0. The van der Waals surface area contributed by atoms with E-state index >= 15 is 0 Å². The molecule has 3 rings (SSSR count). The van der Waals surface area contributed by atoms with Crippen LogP contribution in [0, 0.1) is 5.92 Å². The van der Waals surface area contributed by atoms with Crippen LogP contribution in [-0.4, -0.2) is 47.3 Å². The summed E-state index contributed by atoms with van der Waals surface area (Å²) in [6, 6.07) is 10.8. The molecule has 2 atom stereocenters. The van der Waals surface area contributed by atoms with E-state index in [0.717, 1.165) is 32.2 Å². The first-order chi connectivity index (χ1) is 13.1. The van der Waals surface area contributed by atoms with E-state index < -0.39 is 0 Å². The molecule has 0 radical (unpaired) electrons. The van der Waals surface area contributed by atoms with Crippen molar-refractivity contribution in [3.05, 3.63) is 48.6 Å². The minimum absolute atomic E-state index is 0.0220. The Labute approximate surface area is 163 Å². The van der Waals surface area contributed by atoms with Crippen molar-refractivity contribution >= 4 is 11.8 Å². The Balaban J connectivity index is 1.71. The zero-order valence-corrected chi connectivity index (χ0v) is 16.5. The number of nitrogens with zero attached hydrogens (tertiary/aromatic N) is 2. The monoisotopic (exact) mass is 368 g/mol. The van der Waals surface area contributed by atoms with Crippen LogP contribution in [0.2, 0.25) is 0 Å². The lowest BCUT2D eigenvalue weighted by molar-refractivity contribution is -0.141. The Morgan fingerprint density at radius 2 is 1.74 bits per heavy atom. The number of carbonyl (C=O) groups is 2. The van der Waals surface area contributed by atoms with Gasteiger partial charge >= 0.3 is 0 Å². The van der Waals surface area contributed by atoms with Crippen molar-refractivity contribution in [2.45, 2.75) is 57.4 Å². The molecule has 146 valence electrons. The van der Waals surface area contributed by atoms with Crippen LogP contribution in [0.25, 0.3) is 0 Å². The van der Waals surface area contributed by atoms with Crippen LogP contribution >= 0.6 is 0 Å². The Hall–Kier alpha value is -2.10. The predicted octanol–water partition coefficient (Wildman–Crippen LogP) is 3.99. The van der Waals surface area contributed by atoms with E-state index in [1.165, 1.54) is 24.5 Å². The van der Waals surface area contributed by atoms with Crippen LogP contribution in [0.4, 0.5) is 0 Å². The number of benzene rings is 1. The number of rotatable bonds is 4. The van der Waals surface area contributed by atoms with Crippen molar-refractivity contribution < 1.29 is 9.59 Å². The van der Waals surface area contributed by atoms with Gasteiger partial charge in [0.05, 0.1) is 0 Å². The molecule has 0 bridgehead atoms. The Kier molecular flexibility index (Phi) is 6.70. The molecule has 2 amide bonds. The van der Waals surface area contributed by atoms with E-state index in [1.807, 2.05) is 11.0 Å². The average molecular weight is 369 g/mol. The molecule has 4 heteroatoms. The van der Waals surface area contributed by atoms with E-state index in [0.29, 0.717) is 24.9 Å². The molecular weight excluding hydrogens is 336 g/mol. The predicted molar refractivity (Wildman–Crippen MR) is 108 cm³/mol. The van der Waals surface area contributed by atoms with Crippen LogP contribution < -0.4 is 0 Å². The second kappa shape index (κ2) is 9.20. The molecule has 4 nitrogen and oxygen atoms in total. The fourth-order valence-electron chi connectivity index (χ4n) is 4.62. The van der Waals surface area contributed by atoms with E-state index in [1.54, 1.807) is 0 Å². The van der Waals surface area contributed by atoms with Crippen molar-refractivity contribution in [1.29, 1.82) is 0 Å². The summed E-state index contributed by atoms with van der Waals surface area (Å²) in [5.74, 6) is 0.666. The van der Waals surface area contributed by atoms with Crippen LogP contribution in [0.15, 0.2) is 43.0 Å². The van der Waals surface area contributed by atoms with Gasteiger partial charge < -0.3 is 9.80 Å². The Morgan fingerprint density at radius 1 is 1.04 bits per heavy atom. The van der Waals surface area contributed by atoms with E-state index in [2.05, 4.69) is 42.7 Å². The highest BCUT2D eigenvalue weighted by Gasteiger charge is 2.35. The lowest BCUT2D eigenvalue weighted by atomic mass is 9.87. The van der Waals surface area contributed by atoms with Gasteiger partial charge in [0.2, 0.25) is 11.8 Å². The lowest BCUT2D eigenvalue weighted by Gasteiger charge is -2.39. The maximum Gasteiger partial charge on any atom is 0.245 e. The molecule has 2 unspecified atom stereocenters. The smallest absolute Gasteiger partial charge is 0.245 e. The van der Waals surface area contributed by atoms with Crippen LogP contribution in [0.1, 0.15) is 56.9 Å². The molecule has 2 aliphatic rings. The molecule has 1 aromatic carbocycles. The van der Waals surface area contributed by atoms with Gasteiger partial charge in [0.25, 0.3) is 0 Å². The summed E-state index contributed by atoms with van der Waals surface area (Å²) in [6.07, 6.45) is 7.47. The van der Waals surface area contributed by atoms with Gasteiger partial charge in [-0.05, 0) is 37.3 Å². The van der Waals surface area contributed by atoms with E-state index in [4.69, 9.17) is 0 Å². The van der Waals surface area contributed by atoms with E-state index in [-0.39, 0.29) is 17.9 Å².